The van der Waals surface area contributed by atoms with Crippen LogP contribution in [0.4, 0.5) is 0 Å². The molecule has 2 heterocycles. The predicted molar refractivity (Wildman–Crippen MR) is 87.4 cm³/mol. The predicted octanol–water partition coefficient (Wildman–Crippen LogP) is 3.48. The average molecular weight is 329 g/mol. The van der Waals surface area contributed by atoms with Crippen LogP contribution in [0.25, 0.3) is 11.3 Å². The van der Waals surface area contributed by atoms with E-state index in [0.717, 1.165) is 5.56 Å². The number of aromatic nitrogens is 2. The third kappa shape index (κ3) is 3.32. The second-order valence-corrected chi connectivity index (χ2v) is 5.17. The summed E-state index contributed by atoms with van der Waals surface area (Å²) in [5.41, 5.74) is 4.64. The SMILES string of the molecule is CC(=NNC(=O)c1cc(-c2ccccc2Cl)n[nH]1)c1ccco1. The van der Waals surface area contributed by atoms with Crippen LogP contribution in [0.5, 0.6) is 0 Å². The Morgan fingerprint density at radius 2 is 2.13 bits per heavy atom. The maximum atomic E-state index is 12.1. The zero-order chi connectivity index (χ0) is 16.2. The molecule has 2 aromatic heterocycles. The minimum absolute atomic E-state index is 0.288. The minimum Gasteiger partial charge on any atom is -0.463 e. The first-order chi connectivity index (χ1) is 11.1. The molecule has 23 heavy (non-hydrogen) atoms. The molecule has 0 atom stereocenters. The van der Waals surface area contributed by atoms with Gasteiger partial charge in [-0.15, -0.1) is 0 Å². The lowest BCUT2D eigenvalue weighted by atomic mass is 10.1. The molecule has 0 spiro atoms. The highest BCUT2D eigenvalue weighted by molar-refractivity contribution is 6.33. The van der Waals surface area contributed by atoms with Crippen molar-refractivity contribution >= 4 is 23.2 Å². The Bertz CT molecular complexity index is 853. The van der Waals surface area contributed by atoms with Crippen LogP contribution in [0, 0.1) is 0 Å². The summed E-state index contributed by atoms with van der Waals surface area (Å²) in [5, 5.41) is 11.3. The van der Waals surface area contributed by atoms with Gasteiger partial charge in [0.2, 0.25) is 0 Å². The van der Waals surface area contributed by atoms with E-state index in [1.807, 2.05) is 18.2 Å². The van der Waals surface area contributed by atoms with E-state index in [4.69, 9.17) is 16.0 Å². The zero-order valence-electron chi connectivity index (χ0n) is 12.2. The van der Waals surface area contributed by atoms with Crippen molar-refractivity contribution < 1.29 is 9.21 Å². The topological polar surface area (TPSA) is 83.3 Å². The molecule has 6 nitrogen and oxygen atoms in total. The molecule has 0 saturated heterocycles. The first kappa shape index (κ1) is 15.1. The van der Waals surface area contributed by atoms with E-state index < -0.39 is 5.91 Å². The van der Waals surface area contributed by atoms with Crippen molar-refractivity contribution in [2.24, 2.45) is 5.10 Å². The molecule has 0 unspecified atom stereocenters. The van der Waals surface area contributed by atoms with Crippen LogP contribution >= 0.6 is 11.6 Å². The lowest BCUT2D eigenvalue weighted by Gasteiger charge is -1.99. The highest BCUT2D eigenvalue weighted by Crippen LogP contribution is 2.26. The second-order valence-electron chi connectivity index (χ2n) is 4.76. The number of aromatic amines is 1. The maximum Gasteiger partial charge on any atom is 0.289 e. The largest absolute Gasteiger partial charge is 0.463 e. The molecule has 3 rings (SSSR count). The Hall–Kier alpha value is -2.86. The highest BCUT2D eigenvalue weighted by Gasteiger charge is 2.12. The van der Waals surface area contributed by atoms with Gasteiger partial charge in [0.05, 0.1) is 17.0 Å². The average Bonchev–Trinajstić information content (AvgIpc) is 3.24. The Balaban J connectivity index is 1.74. The summed E-state index contributed by atoms with van der Waals surface area (Å²) in [5.74, 6) is 0.188. The molecular weight excluding hydrogens is 316 g/mol. The second kappa shape index (κ2) is 6.50. The van der Waals surface area contributed by atoms with Gasteiger partial charge >= 0.3 is 0 Å². The smallest absolute Gasteiger partial charge is 0.289 e. The number of rotatable bonds is 4. The van der Waals surface area contributed by atoms with Crippen LogP contribution in [0.2, 0.25) is 5.02 Å². The van der Waals surface area contributed by atoms with E-state index in [0.29, 0.717) is 22.2 Å². The molecule has 3 aromatic rings. The molecule has 0 aliphatic carbocycles. The van der Waals surface area contributed by atoms with Gasteiger partial charge in [-0.25, -0.2) is 5.43 Å². The summed E-state index contributed by atoms with van der Waals surface area (Å²) < 4.78 is 5.19. The van der Waals surface area contributed by atoms with Crippen LogP contribution in [-0.4, -0.2) is 21.8 Å². The van der Waals surface area contributed by atoms with Gasteiger partial charge in [-0.3, -0.25) is 9.89 Å². The summed E-state index contributed by atoms with van der Waals surface area (Å²) in [6.45, 7) is 1.74. The Labute approximate surface area is 137 Å². The molecule has 1 amide bonds. The maximum absolute atomic E-state index is 12.1. The van der Waals surface area contributed by atoms with Gasteiger partial charge in [-0.1, -0.05) is 29.8 Å². The van der Waals surface area contributed by atoms with Crippen molar-refractivity contribution in [3.05, 3.63) is 65.2 Å². The van der Waals surface area contributed by atoms with Crippen molar-refractivity contribution in [3.8, 4) is 11.3 Å². The number of benzene rings is 1. The first-order valence-electron chi connectivity index (χ1n) is 6.84. The lowest BCUT2D eigenvalue weighted by Crippen LogP contribution is -2.19. The zero-order valence-corrected chi connectivity index (χ0v) is 13.0. The molecule has 0 saturated carbocycles. The Morgan fingerprint density at radius 1 is 1.30 bits per heavy atom. The normalized spacial score (nSPS) is 11.5. The van der Waals surface area contributed by atoms with Gasteiger partial charge in [-0.05, 0) is 31.2 Å². The van der Waals surface area contributed by atoms with Gasteiger partial charge in [0.15, 0.2) is 0 Å². The van der Waals surface area contributed by atoms with E-state index in [9.17, 15) is 4.79 Å². The fraction of sp³-hybridized carbons (Fsp3) is 0.0625. The van der Waals surface area contributed by atoms with Crippen molar-refractivity contribution in [1.82, 2.24) is 15.6 Å². The molecule has 0 radical (unpaired) electrons. The van der Waals surface area contributed by atoms with Crippen LogP contribution in [0.15, 0.2) is 58.2 Å². The quantitative estimate of drug-likeness (QED) is 0.568. The van der Waals surface area contributed by atoms with Crippen molar-refractivity contribution in [1.29, 1.82) is 0 Å². The highest BCUT2D eigenvalue weighted by atomic mass is 35.5. The molecule has 7 heteroatoms. The number of carbonyl (C=O) groups excluding carboxylic acids is 1. The number of amides is 1. The number of nitrogens with zero attached hydrogens (tertiary/aromatic N) is 2. The summed E-state index contributed by atoms with van der Waals surface area (Å²) in [6.07, 6.45) is 1.54. The standard InChI is InChI=1S/C16H13ClN4O2/c1-10(15-7-4-8-23-15)18-21-16(22)14-9-13(19-20-14)11-5-2-3-6-12(11)17/h2-9H,1H3,(H,19,20)(H,21,22). The molecule has 116 valence electrons. The number of H-pyrrole nitrogens is 1. The number of halogens is 1. The van der Waals surface area contributed by atoms with E-state index in [2.05, 4.69) is 20.7 Å². The molecule has 0 fully saturated rings. The summed E-state index contributed by atoms with van der Waals surface area (Å²) >= 11 is 6.12. The number of hydrogen-bond acceptors (Lipinski definition) is 4. The van der Waals surface area contributed by atoms with Gasteiger partial charge in [0, 0.05) is 5.56 Å². The molecule has 2 N–H and O–H groups in total. The molecule has 1 aromatic carbocycles. The summed E-state index contributed by atoms with van der Waals surface area (Å²) in [7, 11) is 0. The lowest BCUT2D eigenvalue weighted by molar-refractivity contribution is 0.0950. The molecule has 0 bridgehead atoms. The first-order valence-corrected chi connectivity index (χ1v) is 7.22. The van der Waals surface area contributed by atoms with Crippen LogP contribution in [0.1, 0.15) is 23.2 Å². The summed E-state index contributed by atoms with van der Waals surface area (Å²) in [6, 6.07) is 12.4. The Kier molecular flexibility index (Phi) is 4.25. The Morgan fingerprint density at radius 3 is 2.87 bits per heavy atom. The van der Waals surface area contributed by atoms with Gasteiger partial charge < -0.3 is 4.42 Å². The van der Waals surface area contributed by atoms with E-state index in [1.54, 1.807) is 37.5 Å². The summed E-state index contributed by atoms with van der Waals surface area (Å²) in [4.78, 5) is 12.1. The third-order valence-electron chi connectivity index (χ3n) is 3.18. The van der Waals surface area contributed by atoms with Crippen LogP contribution < -0.4 is 5.43 Å². The molecule has 0 aliphatic rings. The third-order valence-corrected chi connectivity index (χ3v) is 3.50. The fourth-order valence-electron chi connectivity index (χ4n) is 1.98. The van der Waals surface area contributed by atoms with Gasteiger partial charge in [0.25, 0.3) is 5.91 Å². The number of carbonyl (C=O) groups is 1. The number of hydrogen-bond donors (Lipinski definition) is 2. The fourth-order valence-corrected chi connectivity index (χ4v) is 2.21. The van der Waals surface area contributed by atoms with Crippen molar-refractivity contribution in [2.45, 2.75) is 6.92 Å². The number of furan rings is 1. The number of hydrazone groups is 1. The van der Waals surface area contributed by atoms with Gasteiger partial charge in [0.1, 0.15) is 17.2 Å². The number of nitrogens with one attached hydrogen (secondary N) is 2. The monoisotopic (exact) mass is 328 g/mol. The molecule has 0 aliphatic heterocycles. The van der Waals surface area contributed by atoms with Crippen molar-refractivity contribution in [2.75, 3.05) is 0 Å². The van der Waals surface area contributed by atoms with Crippen LogP contribution in [0.3, 0.4) is 0 Å². The molecular formula is C16H13ClN4O2. The van der Waals surface area contributed by atoms with E-state index >= 15 is 0 Å². The van der Waals surface area contributed by atoms with Gasteiger partial charge in [-0.2, -0.15) is 10.2 Å². The van der Waals surface area contributed by atoms with E-state index in [-0.39, 0.29) is 5.69 Å². The van der Waals surface area contributed by atoms with Crippen LogP contribution in [-0.2, 0) is 0 Å². The van der Waals surface area contributed by atoms with E-state index in [1.165, 1.54) is 0 Å². The van der Waals surface area contributed by atoms with Crippen molar-refractivity contribution in [3.63, 3.8) is 0 Å². The minimum atomic E-state index is -0.401.